The molecular weight excluding hydrogens is 289 g/mol. The average Bonchev–Trinajstić information content (AvgIpc) is 2.96. The fourth-order valence-corrected chi connectivity index (χ4v) is 3.60. The quantitative estimate of drug-likeness (QED) is 0.753. The van der Waals surface area contributed by atoms with Gasteiger partial charge in [-0.1, -0.05) is 38.5 Å². The number of alkyl halides is 3. The summed E-state index contributed by atoms with van der Waals surface area (Å²) >= 11 is 0. The van der Waals surface area contributed by atoms with Crippen molar-refractivity contribution in [3.8, 4) is 0 Å². The molecule has 22 heavy (non-hydrogen) atoms. The van der Waals surface area contributed by atoms with Gasteiger partial charge < -0.3 is 4.40 Å². The first-order valence-corrected chi connectivity index (χ1v) is 8.07. The summed E-state index contributed by atoms with van der Waals surface area (Å²) < 4.78 is 41.3. The number of imidazole rings is 1. The van der Waals surface area contributed by atoms with Crippen molar-refractivity contribution in [3.63, 3.8) is 0 Å². The van der Waals surface area contributed by atoms with E-state index >= 15 is 0 Å². The first-order valence-electron chi connectivity index (χ1n) is 8.07. The van der Waals surface area contributed by atoms with Crippen molar-refractivity contribution in [2.45, 2.75) is 57.5 Å². The number of nitrogens with zero attached hydrogens (tertiary/aromatic N) is 2. The summed E-state index contributed by atoms with van der Waals surface area (Å²) in [5.41, 5.74) is 0.542. The zero-order valence-electron chi connectivity index (χ0n) is 12.6. The monoisotopic (exact) mass is 310 g/mol. The van der Waals surface area contributed by atoms with E-state index in [4.69, 9.17) is 0 Å². The van der Waals surface area contributed by atoms with Crippen LogP contribution in [0.5, 0.6) is 0 Å². The van der Waals surface area contributed by atoms with Crippen LogP contribution in [0, 0.1) is 5.92 Å². The van der Waals surface area contributed by atoms with Crippen molar-refractivity contribution in [1.82, 2.24) is 9.38 Å². The highest BCUT2D eigenvalue weighted by Gasteiger charge is 2.34. The molecule has 0 aliphatic heterocycles. The molecular formula is C17H21F3N2. The van der Waals surface area contributed by atoms with Crippen LogP contribution in [0.3, 0.4) is 0 Å². The fourth-order valence-electron chi connectivity index (χ4n) is 3.60. The number of halogens is 3. The maximum Gasteiger partial charge on any atom is 0.418 e. The van der Waals surface area contributed by atoms with E-state index in [-0.39, 0.29) is 0 Å². The second-order valence-corrected chi connectivity index (χ2v) is 6.28. The smallest absolute Gasteiger partial charge is 0.303 e. The topological polar surface area (TPSA) is 17.3 Å². The minimum Gasteiger partial charge on any atom is -0.303 e. The Morgan fingerprint density at radius 3 is 2.64 bits per heavy atom. The van der Waals surface area contributed by atoms with Crippen molar-refractivity contribution < 1.29 is 13.2 Å². The molecule has 0 N–H and O–H groups in total. The predicted octanol–water partition coefficient (Wildman–Crippen LogP) is 5.26. The van der Waals surface area contributed by atoms with Gasteiger partial charge in [-0.05, 0) is 30.9 Å². The highest BCUT2D eigenvalue weighted by molar-refractivity contribution is 5.48. The van der Waals surface area contributed by atoms with Gasteiger partial charge in [0, 0.05) is 5.69 Å². The number of hydrogen-bond acceptors (Lipinski definition) is 1. The minimum absolute atomic E-state index is 0.346. The van der Waals surface area contributed by atoms with Gasteiger partial charge in [0.2, 0.25) is 0 Å². The van der Waals surface area contributed by atoms with E-state index in [2.05, 4.69) is 4.98 Å². The van der Waals surface area contributed by atoms with E-state index in [1.165, 1.54) is 50.6 Å². The molecule has 2 nitrogen and oxygen atoms in total. The highest BCUT2D eigenvalue weighted by Crippen LogP contribution is 2.34. The summed E-state index contributed by atoms with van der Waals surface area (Å²) in [4.78, 5) is 3.98. The first-order chi connectivity index (χ1) is 10.6. The normalized spacial score (nSPS) is 17.2. The molecule has 0 saturated heterocycles. The van der Waals surface area contributed by atoms with Crippen LogP contribution in [0.25, 0.3) is 5.52 Å². The highest BCUT2D eigenvalue weighted by atomic mass is 19.4. The molecule has 0 radical (unpaired) electrons. The zero-order valence-corrected chi connectivity index (χ0v) is 12.6. The Hall–Kier alpha value is -1.52. The Morgan fingerprint density at radius 2 is 1.91 bits per heavy atom. The van der Waals surface area contributed by atoms with E-state index in [9.17, 15) is 13.2 Å². The first kappa shape index (κ1) is 15.4. The van der Waals surface area contributed by atoms with Gasteiger partial charge in [0.15, 0.2) is 0 Å². The molecule has 0 bridgehead atoms. The number of aryl methyl sites for hydroxylation is 1. The number of pyridine rings is 1. The molecule has 2 aromatic rings. The zero-order chi connectivity index (χ0) is 15.6. The third-order valence-corrected chi connectivity index (χ3v) is 4.75. The summed E-state index contributed by atoms with van der Waals surface area (Å²) in [6.07, 6.45) is 7.41. The lowest BCUT2D eigenvalue weighted by Gasteiger charge is -2.22. The molecule has 0 atom stereocenters. The number of rotatable bonds is 4. The second-order valence-electron chi connectivity index (χ2n) is 6.28. The molecule has 2 aromatic heterocycles. The Labute approximate surface area is 128 Å². The molecule has 1 aliphatic rings. The maximum atomic E-state index is 13.2. The summed E-state index contributed by atoms with van der Waals surface area (Å²) in [6, 6.07) is 2.67. The van der Waals surface area contributed by atoms with Gasteiger partial charge in [0.05, 0.1) is 23.6 Å². The van der Waals surface area contributed by atoms with Gasteiger partial charge in [0.1, 0.15) is 0 Å². The average molecular weight is 310 g/mol. The summed E-state index contributed by atoms with van der Waals surface area (Å²) in [5, 5.41) is 0. The number of hydrogen-bond donors (Lipinski definition) is 0. The number of fused-ring (bicyclic) bond motifs is 1. The van der Waals surface area contributed by atoms with Crippen LogP contribution in [0.2, 0.25) is 0 Å². The van der Waals surface area contributed by atoms with E-state index in [0.29, 0.717) is 18.0 Å². The molecule has 1 saturated carbocycles. The lowest BCUT2D eigenvalue weighted by atomic mass is 9.85. The summed E-state index contributed by atoms with van der Waals surface area (Å²) in [5.74, 6) is 0.699. The van der Waals surface area contributed by atoms with Crippen molar-refractivity contribution in [2.75, 3.05) is 0 Å². The van der Waals surface area contributed by atoms with Gasteiger partial charge in [-0.25, -0.2) is 4.98 Å². The van der Waals surface area contributed by atoms with Gasteiger partial charge >= 0.3 is 6.18 Å². The molecule has 0 spiro atoms. The van der Waals surface area contributed by atoms with Crippen molar-refractivity contribution in [2.24, 2.45) is 5.92 Å². The van der Waals surface area contributed by atoms with E-state index in [1.807, 2.05) is 0 Å². The third-order valence-electron chi connectivity index (χ3n) is 4.75. The molecule has 120 valence electrons. The lowest BCUT2D eigenvalue weighted by molar-refractivity contribution is -0.138. The number of aromatic nitrogens is 2. The molecule has 0 unspecified atom stereocenters. The van der Waals surface area contributed by atoms with Gasteiger partial charge in [-0.15, -0.1) is 0 Å². The van der Waals surface area contributed by atoms with Crippen molar-refractivity contribution >= 4 is 5.52 Å². The Kier molecular flexibility index (Phi) is 4.41. The van der Waals surface area contributed by atoms with Gasteiger partial charge in [-0.3, -0.25) is 0 Å². The van der Waals surface area contributed by atoms with E-state index < -0.39 is 11.7 Å². The lowest BCUT2D eigenvalue weighted by Crippen LogP contribution is -2.13. The van der Waals surface area contributed by atoms with Crippen LogP contribution in [0.4, 0.5) is 13.2 Å². The Bertz CT molecular complexity index is 624. The minimum atomic E-state index is -4.31. The molecule has 1 aliphatic carbocycles. The largest absolute Gasteiger partial charge is 0.418 e. The van der Waals surface area contributed by atoms with Crippen LogP contribution in [-0.4, -0.2) is 9.38 Å². The van der Waals surface area contributed by atoms with Crippen molar-refractivity contribution in [1.29, 1.82) is 0 Å². The van der Waals surface area contributed by atoms with E-state index in [1.54, 1.807) is 10.6 Å². The second kappa shape index (κ2) is 6.31. The molecule has 0 amide bonds. The van der Waals surface area contributed by atoms with Crippen LogP contribution in [-0.2, 0) is 12.6 Å². The molecule has 0 aromatic carbocycles. The van der Waals surface area contributed by atoms with E-state index in [0.717, 1.165) is 18.4 Å². The Balaban J connectivity index is 1.77. The molecule has 5 heteroatoms. The maximum absolute atomic E-state index is 13.2. The standard InChI is InChI=1S/C17H21F3N2/c18-17(19,20)15-10-9-14-11-21-12-22(14)16(15)8-4-7-13-5-2-1-3-6-13/h9-13H,1-8H2. The van der Waals surface area contributed by atoms with Crippen LogP contribution in [0.15, 0.2) is 24.7 Å². The Morgan fingerprint density at radius 1 is 1.14 bits per heavy atom. The predicted molar refractivity (Wildman–Crippen MR) is 79.7 cm³/mol. The van der Waals surface area contributed by atoms with Crippen molar-refractivity contribution in [3.05, 3.63) is 35.9 Å². The third kappa shape index (κ3) is 3.28. The van der Waals surface area contributed by atoms with Gasteiger partial charge in [0.25, 0.3) is 0 Å². The molecule has 1 fully saturated rings. The SMILES string of the molecule is FC(F)(F)c1ccc2cncn2c1CCCC1CCCCC1. The summed E-state index contributed by atoms with van der Waals surface area (Å²) in [6.45, 7) is 0. The van der Waals surface area contributed by atoms with Crippen LogP contribution < -0.4 is 0 Å². The fraction of sp³-hybridized carbons (Fsp3) is 0.588. The van der Waals surface area contributed by atoms with Crippen LogP contribution in [0.1, 0.15) is 56.2 Å². The van der Waals surface area contributed by atoms with Gasteiger partial charge in [-0.2, -0.15) is 13.2 Å². The van der Waals surface area contributed by atoms with Crippen LogP contribution >= 0.6 is 0 Å². The summed E-state index contributed by atoms with van der Waals surface area (Å²) in [7, 11) is 0. The molecule has 3 rings (SSSR count). The molecule has 2 heterocycles.